The second-order valence-electron chi connectivity index (χ2n) is 5.46. The summed E-state index contributed by atoms with van der Waals surface area (Å²) in [4.78, 5) is 44.7. The number of imide groups is 1. The molecule has 1 heterocycles. The molecular weight excluding hydrogens is 344 g/mol. The van der Waals surface area contributed by atoms with Gasteiger partial charge in [-0.15, -0.1) is 0 Å². The first-order valence-electron chi connectivity index (χ1n) is 8.02. The maximum absolute atomic E-state index is 11.6. The Labute approximate surface area is 149 Å². The number of rotatable bonds is 8. The van der Waals surface area contributed by atoms with Crippen LogP contribution in [0.3, 0.4) is 0 Å². The molecule has 26 heavy (non-hydrogen) atoms. The fourth-order valence-electron chi connectivity index (χ4n) is 2.35. The average Bonchev–Trinajstić information content (AvgIpc) is 2.89. The van der Waals surface area contributed by atoms with Gasteiger partial charge < -0.3 is 9.47 Å². The minimum atomic E-state index is -0.578. The number of nitrogens with one attached hydrogen (secondary N) is 1. The van der Waals surface area contributed by atoms with Crippen molar-refractivity contribution in [2.45, 2.75) is 26.2 Å². The highest BCUT2D eigenvalue weighted by molar-refractivity contribution is 6.15. The lowest BCUT2D eigenvalue weighted by molar-refractivity contribution is -0.385. The van der Waals surface area contributed by atoms with E-state index in [1.807, 2.05) is 0 Å². The summed E-state index contributed by atoms with van der Waals surface area (Å²) in [7, 11) is 0. The second-order valence-corrected chi connectivity index (χ2v) is 5.46. The van der Waals surface area contributed by atoms with E-state index in [-0.39, 0.29) is 42.2 Å². The van der Waals surface area contributed by atoms with E-state index in [4.69, 9.17) is 9.47 Å². The van der Waals surface area contributed by atoms with Gasteiger partial charge in [0.25, 0.3) is 11.6 Å². The van der Waals surface area contributed by atoms with Crippen LogP contribution in [0.2, 0.25) is 0 Å². The Morgan fingerprint density at radius 3 is 2.77 bits per heavy atom. The van der Waals surface area contributed by atoms with E-state index in [0.29, 0.717) is 18.8 Å². The van der Waals surface area contributed by atoms with Crippen LogP contribution in [0.25, 0.3) is 6.08 Å². The number of benzene rings is 1. The van der Waals surface area contributed by atoms with Crippen LogP contribution in [0.4, 0.5) is 5.69 Å². The Hall–Kier alpha value is -3.23. The quantitative estimate of drug-likeness (QED) is 0.186. The molecular formula is C17H18N2O7. The van der Waals surface area contributed by atoms with Crippen LogP contribution in [0.5, 0.6) is 5.75 Å². The number of nitrogens with zero attached hydrogens (tertiary/aromatic N) is 1. The van der Waals surface area contributed by atoms with E-state index in [2.05, 4.69) is 5.32 Å². The summed E-state index contributed by atoms with van der Waals surface area (Å²) in [6.07, 6.45) is 1.83. The molecule has 9 nitrogen and oxygen atoms in total. The molecule has 0 radical (unpaired) electrons. The predicted octanol–water partition coefficient (Wildman–Crippen LogP) is 1.75. The maximum atomic E-state index is 11.6. The maximum Gasteiger partial charge on any atom is 0.305 e. The van der Waals surface area contributed by atoms with E-state index < -0.39 is 16.7 Å². The van der Waals surface area contributed by atoms with Gasteiger partial charge in [-0.25, -0.2) is 0 Å². The monoisotopic (exact) mass is 362 g/mol. The van der Waals surface area contributed by atoms with Gasteiger partial charge in [0.05, 0.1) is 30.1 Å². The van der Waals surface area contributed by atoms with Crippen molar-refractivity contribution in [1.82, 2.24) is 5.32 Å². The molecule has 0 saturated carbocycles. The predicted molar refractivity (Wildman–Crippen MR) is 90.2 cm³/mol. The van der Waals surface area contributed by atoms with Gasteiger partial charge in [-0.05, 0) is 31.6 Å². The van der Waals surface area contributed by atoms with Gasteiger partial charge in [0.2, 0.25) is 5.91 Å². The zero-order chi connectivity index (χ0) is 19.1. The van der Waals surface area contributed by atoms with Crippen molar-refractivity contribution >= 4 is 29.5 Å². The van der Waals surface area contributed by atoms with E-state index in [1.54, 1.807) is 6.92 Å². The first-order chi connectivity index (χ1) is 12.4. The number of esters is 1. The third-order valence-electron chi connectivity index (χ3n) is 3.52. The van der Waals surface area contributed by atoms with Gasteiger partial charge in [-0.2, -0.15) is 0 Å². The third-order valence-corrected chi connectivity index (χ3v) is 3.52. The molecule has 1 saturated heterocycles. The van der Waals surface area contributed by atoms with Crippen LogP contribution in [0, 0.1) is 10.1 Å². The number of carbonyl (C=O) groups excluding carboxylic acids is 3. The van der Waals surface area contributed by atoms with Gasteiger partial charge in [0.1, 0.15) is 5.75 Å². The summed E-state index contributed by atoms with van der Waals surface area (Å²) in [5.74, 6) is -0.974. The van der Waals surface area contributed by atoms with Crippen LogP contribution in [-0.2, 0) is 19.1 Å². The highest BCUT2D eigenvalue weighted by atomic mass is 16.6. The summed E-state index contributed by atoms with van der Waals surface area (Å²) >= 11 is 0. The molecule has 1 aliphatic rings. The smallest absolute Gasteiger partial charge is 0.305 e. The average molecular weight is 362 g/mol. The minimum Gasteiger partial charge on any atom is -0.494 e. The van der Waals surface area contributed by atoms with Crippen molar-refractivity contribution in [2.75, 3.05) is 13.2 Å². The summed E-state index contributed by atoms with van der Waals surface area (Å²) < 4.78 is 10.3. The number of nitro benzene ring substituents is 1. The van der Waals surface area contributed by atoms with E-state index in [0.717, 1.165) is 0 Å². The molecule has 0 spiro atoms. The fraction of sp³-hybridized carbons (Fsp3) is 0.353. The first-order valence-corrected chi connectivity index (χ1v) is 8.02. The van der Waals surface area contributed by atoms with Gasteiger partial charge in [-0.1, -0.05) is 0 Å². The van der Waals surface area contributed by atoms with Crippen LogP contribution in [0.15, 0.2) is 23.8 Å². The summed E-state index contributed by atoms with van der Waals surface area (Å²) in [6, 6.07) is 4.12. The second kappa shape index (κ2) is 8.75. The number of nitro groups is 1. The van der Waals surface area contributed by atoms with Crippen molar-refractivity contribution in [1.29, 1.82) is 0 Å². The number of hydrogen-bond donors (Lipinski definition) is 1. The van der Waals surface area contributed by atoms with Crippen molar-refractivity contribution < 1.29 is 28.8 Å². The Bertz CT molecular complexity index is 770. The molecule has 0 atom stereocenters. The molecule has 1 aromatic rings. The van der Waals surface area contributed by atoms with Gasteiger partial charge in [0, 0.05) is 18.1 Å². The van der Waals surface area contributed by atoms with Crippen molar-refractivity contribution in [3.8, 4) is 5.75 Å². The SMILES string of the molecule is CCOC(=O)CCCOc1ccc([N+](=O)[O-])c(C=C2CC(=O)NC2=O)c1. The zero-order valence-electron chi connectivity index (χ0n) is 14.1. The van der Waals surface area contributed by atoms with Crippen molar-refractivity contribution in [2.24, 2.45) is 0 Å². The molecule has 1 aliphatic heterocycles. The topological polar surface area (TPSA) is 125 Å². The van der Waals surface area contributed by atoms with Gasteiger partial charge in [0.15, 0.2) is 0 Å². The number of carbonyl (C=O) groups is 3. The van der Waals surface area contributed by atoms with E-state index in [9.17, 15) is 24.5 Å². The molecule has 0 unspecified atom stereocenters. The number of amides is 2. The number of ether oxygens (including phenoxy) is 2. The Balaban J connectivity index is 2.09. The Morgan fingerprint density at radius 2 is 2.15 bits per heavy atom. The highest BCUT2D eigenvalue weighted by Crippen LogP contribution is 2.28. The Kier molecular flexibility index (Phi) is 6.42. The van der Waals surface area contributed by atoms with E-state index >= 15 is 0 Å². The lowest BCUT2D eigenvalue weighted by Gasteiger charge is -2.07. The Morgan fingerprint density at radius 1 is 1.38 bits per heavy atom. The molecule has 1 N–H and O–H groups in total. The lowest BCUT2D eigenvalue weighted by atomic mass is 10.1. The summed E-state index contributed by atoms with van der Waals surface area (Å²) in [6.45, 7) is 2.27. The molecule has 1 fully saturated rings. The van der Waals surface area contributed by atoms with Gasteiger partial charge in [-0.3, -0.25) is 29.8 Å². The normalized spacial score (nSPS) is 15.0. The molecule has 0 bridgehead atoms. The molecule has 0 aromatic heterocycles. The van der Waals surface area contributed by atoms with Crippen LogP contribution < -0.4 is 10.1 Å². The summed E-state index contributed by atoms with van der Waals surface area (Å²) in [5.41, 5.74) is 0.110. The molecule has 2 rings (SSSR count). The molecule has 1 aromatic carbocycles. The molecule has 0 aliphatic carbocycles. The summed E-state index contributed by atoms with van der Waals surface area (Å²) in [5, 5.41) is 13.3. The molecule has 9 heteroatoms. The molecule has 138 valence electrons. The lowest BCUT2D eigenvalue weighted by Crippen LogP contribution is -2.19. The fourth-order valence-corrected chi connectivity index (χ4v) is 2.35. The van der Waals surface area contributed by atoms with Crippen molar-refractivity contribution in [3.05, 3.63) is 39.4 Å². The zero-order valence-corrected chi connectivity index (χ0v) is 14.1. The van der Waals surface area contributed by atoms with Crippen LogP contribution in [0.1, 0.15) is 31.7 Å². The molecule has 2 amide bonds. The number of hydrogen-bond acceptors (Lipinski definition) is 7. The van der Waals surface area contributed by atoms with Gasteiger partial charge >= 0.3 is 5.97 Å². The minimum absolute atomic E-state index is 0.124. The van der Waals surface area contributed by atoms with Crippen molar-refractivity contribution in [3.63, 3.8) is 0 Å². The third kappa shape index (κ3) is 5.13. The van der Waals surface area contributed by atoms with Crippen LogP contribution >= 0.6 is 0 Å². The largest absolute Gasteiger partial charge is 0.494 e. The van der Waals surface area contributed by atoms with Crippen LogP contribution in [-0.4, -0.2) is 35.9 Å². The first kappa shape index (κ1) is 19.1. The standard InChI is InChI=1S/C17H18N2O7/c1-2-25-16(21)4-3-7-26-13-5-6-14(19(23)24)11(9-13)8-12-10-15(20)18-17(12)22/h5-6,8-9H,2-4,7,10H2,1H3,(H,18,20,22). The highest BCUT2D eigenvalue weighted by Gasteiger charge is 2.25. The van der Waals surface area contributed by atoms with E-state index in [1.165, 1.54) is 24.3 Å².